The molecular weight excluding hydrogens is 230 g/mol. The summed E-state index contributed by atoms with van der Waals surface area (Å²) in [6.45, 7) is 0. The molecule has 1 aliphatic rings. The van der Waals surface area contributed by atoms with Gasteiger partial charge in [0.05, 0.1) is 12.8 Å². The van der Waals surface area contributed by atoms with Gasteiger partial charge in [0.15, 0.2) is 0 Å². The summed E-state index contributed by atoms with van der Waals surface area (Å²) in [6, 6.07) is 7.20. The third-order valence-corrected chi connectivity index (χ3v) is 3.24. The molecule has 1 saturated carbocycles. The monoisotopic (exact) mass is 249 g/mol. The second kappa shape index (κ2) is 5.73. The third kappa shape index (κ3) is 2.92. The number of para-hydroxylation sites is 2. The van der Waals surface area contributed by atoms with Crippen LogP contribution in [-0.4, -0.2) is 25.2 Å². The first-order chi connectivity index (χ1) is 8.70. The first-order valence-corrected chi connectivity index (χ1v) is 6.17. The van der Waals surface area contributed by atoms with Gasteiger partial charge in [0.25, 0.3) is 0 Å². The van der Waals surface area contributed by atoms with Gasteiger partial charge in [0, 0.05) is 12.1 Å². The molecule has 1 aromatic carbocycles. The van der Waals surface area contributed by atoms with E-state index in [-0.39, 0.29) is 18.1 Å². The zero-order chi connectivity index (χ0) is 13.0. The van der Waals surface area contributed by atoms with Crippen LogP contribution in [0.3, 0.4) is 0 Å². The zero-order valence-corrected chi connectivity index (χ0v) is 10.5. The maximum atomic E-state index is 11.8. The molecule has 5 heteroatoms. The van der Waals surface area contributed by atoms with Crippen LogP contribution in [0, 0.1) is 0 Å². The number of hydrogen-bond donors (Lipinski definition) is 3. The molecule has 98 valence electrons. The summed E-state index contributed by atoms with van der Waals surface area (Å²) in [5.74, 6) is 0.642. The van der Waals surface area contributed by atoms with Crippen molar-refractivity contribution in [3.05, 3.63) is 24.3 Å². The number of nitrogens with one attached hydrogen (secondary N) is 2. The van der Waals surface area contributed by atoms with E-state index in [4.69, 9.17) is 10.5 Å². The number of carbonyl (C=O) groups is 1. The smallest absolute Gasteiger partial charge is 0.319 e. The molecule has 0 bridgehead atoms. The normalized spacial score (nSPS) is 22.6. The molecule has 2 atom stereocenters. The maximum absolute atomic E-state index is 11.8. The van der Waals surface area contributed by atoms with Crippen molar-refractivity contribution in [3.8, 4) is 5.75 Å². The predicted octanol–water partition coefficient (Wildman–Crippen LogP) is 1.70. The Morgan fingerprint density at radius 2 is 2.17 bits per heavy atom. The summed E-state index contributed by atoms with van der Waals surface area (Å²) < 4.78 is 5.17. The number of hydrogen-bond acceptors (Lipinski definition) is 3. The van der Waals surface area contributed by atoms with Gasteiger partial charge in [-0.25, -0.2) is 4.79 Å². The topological polar surface area (TPSA) is 76.4 Å². The third-order valence-electron chi connectivity index (χ3n) is 3.24. The lowest BCUT2D eigenvalue weighted by Crippen LogP contribution is -2.45. The van der Waals surface area contributed by atoms with Gasteiger partial charge in [-0.2, -0.15) is 0 Å². The highest BCUT2D eigenvalue weighted by atomic mass is 16.5. The van der Waals surface area contributed by atoms with E-state index >= 15 is 0 Å². The van der Waals surface area contributed by atoms with Crippen molar-refractivity contribution >= 4 is 11.7 Å². The summed E-state index contributed by atoms with van der Waals surface area (Å²) in [6.07, 6.45) is 2.99. The van der Waals surface area contributed by atoms with Crippen molar-refractivity contribution in [2.45, 2.75) is 31.3 Å². The fourth-order valence-electron chi connectivity index (χ4n) is 2.24. The van der Waals surface area contributed by atoms with Crippen LogP contribution in [0.5, 0.6) is 5.75 Å². The highest BCUT2D eigenvalue weighted by Crippen LogP contribution is 2.23. The highest BCUT2D eigenvalue weighted by molar-refractivity contribution is 5.91. The van der Waals surface area contributed by atoms with E-state index in [1.165, 1.54) is 0 Å². The van der Waals surface area contributed by atoms with Crippen molar-refractivity contribution in [1.29, 1.82) is 0 Å². The average Bonchev–Trinajstić information content (AvgIpc) is 2.75. The molecule has 0 saturated heterocycles. The van der Waals surface area contributed by atoms with E-state index in [1.54, 1.807) is 19.2 Å². The Morgan fingerprint density at radius 3 is 2.83 bits per heavy atom. The Labute approximate surface area is 107 Å². The van der Waals surface area contributed by atoms with E-state index in [1.807, 2.05) is 12.1 Å². The van der Waals surface area contributed by atoms with Gasteiger partial charge in [-0.15, -0.1) is 0 Å². The Hall–Kier alpha value is -1.75. The summed E-state index contributed by atoms with van der Waals surface area (Å²) in [5.41, 5.74) is 6.57. The van der Waals surface area contributed by atoms with E-state index < -0.39 is 0 Å². The largest absolute Gasteiger partial charge is 0.495 e. The molecule has 2 amide bonds. The van der Waals surface area contributed by atoms with Crippen molar-refractivity contribution in [2.75, 3.05) is 12.4 Å². The fraction of sp³-hybridized carbons (Fsp3) is 0.462. The molecule has 0 aromatic heterocycles. The lowest BCUT2D eigenvalue weighted by molar-refractivity contribution is 0.247. The van der Waals surface area contributed by atoms with E-state index in [2.05, 4.69) is 10.6 Å². The summed E-state index contributed by atoms with van der Waals surface area (Å²) in [7, 11) is 1.57. The van der Waals surface area contributed by atoms with Crippen LogP contribution >= 0.6 is 0 Å². The summed E-state index contributed by atoms with van der Waals surface area (Å²) in [5, 5.41) is 5.68. The predicted molar refractivity (Wildman–Crippen MR) is 70.8 cm³/mol. The van der Waals surface area contributed by atoms with Crippen molar-refractivity contribution < 1.29 is 9.53 Å². The van der Waals surface area contributed by atoms with Crippen molar-refractivity contribution in [3.63, 3.8) is 0 Å². The molecule has 1 fully saturated rings. The number of rotatable bonds is 3. The van der Waals surface area contributed by atoms with Crippen LogP contribution in [0.1, 0.15) is 19.3 Å². The Bertz CT molecular complexity index is 422. The van der Waals surface area contributed by atoms with E-state index in [0.29, 0.717) is 11.4 Å². The molecule has 2 unspecified atom stereocenters. The zero-order valence-electron chi connectivity index (χ0n) is 10.5. The van der Waals surface area contributed by atoms with E-state index in [9.17, 15) is 4.79 Å². The Kier molecular flexibility index (Phi) is 4.04. The van der Waals surface area contributed by atoms with Crippen LogP contribution in [0.15, 0.2) is 24.3 Å². The molecule has 0 spiro atoms. The van der Waals surface area contributed by atoms with Gasteiger partial charge >= 0.3 is 6.03 Å². The van der Waals surface area contributed by atoms with Crippen LogP contribution in [0.4, 0.5) is 10.5 Å². The summed E-state index contributed by atoms with van der Waals surface area (Å²) in [4.78, 5) is 11.8. The molecule has 4 N–H and O–H groups in total. The number of methoxy groups -OCH3 is 1. The van der Waals surface area contributed by atoms with Crippen LogP contribution in [-0.2, 0) is 0 Å². The first-order valence-electron chi connectivity index (χ1n) is 6.17. The van der Waals surface area contributed by atoms with Crippen molar-refractivity contribution in [1.82, 2.24) is 5.32 Å². The number of benzene rings is 1. The van der Waals surface area contributed by atoms with Crippen LogP contribution < -0.4 is 21.1 Å². The first kappa shape index (κ1) is 12.7. The maximum Gasteiger partial charge on any atom is 0.319 e. The average molecular weight is 249 g/mol. The minimum Gasteiger partial charge on any atom is -0.495 e. The van der Waals surface area contributed by atoms with Gasteiger partial charge in [-0.1, -0.05) is 12.1 Å². The van der Waals surface area contributed by atoms with Gasteiger partial charge in [-0.05, 0) is 31.4 Å². The SMILES string of the molecule is COc1ccccc1NC(=O)NC1CCCC1N. The molecule has 2 rings (SSSR count). The molecule has 0 heterocycles. The van der Waals surface area contributed by atoms with Gasteiger partial charge in [-0.3, -0.25) is 0 Å². The summed E-state index contributed by atoms with van der Waals surface area (Å²) >= 11 is 0. The lowest BCUT2D eigenvalue weighted by Gasteiger charge is -2.18. The Balaban J connectivity index is 1.94. The van der Waals surface area contributed by atoms with Crippen molar-refractivity contribution in [2.24, 2.45) is 5.73 Å². The van der Waals surface area contributed by atoms with Gasteiger partial charge in [0.1, 0.15) is 5.75 Å². The number of ether oxygens (including phenoxy) is 1. The number of carbonyl (C=O) groups excluding carboxylic acids is 1. The highest BCUT2D eigenvalue weighted by Gasteiger charge is 2.25. The minimum absolute atomic E-state index is 0.0634. The number of anilines is 1. The van der Waals surface area contributed by atoms with E-state index in [0.717, 1.165) is 19.3 Å². The molecule has 1 aliphatic carbocycles. The van der Waals surface area contributed by atoms with Crippen LogP contribution in [0.2, 0.25) is 0 Å². The second-order valence-electron chi connectivity index (χ2n) is 4.50. The van der Waals surface area contributed by atoms with Crippen LogP contribution in [0.25, 0.3) is 0 Å². The second-order valence-corrected chi connectivity index (χ2v) is 4.50. The number of nitrogens with two attached hydrogens (primary N) is 1. The minimum atomic E-state index is -0.234. The standard InChI is InChI=1S/C13H19N3O2/c1-18-12-8-3-2-6-11(12)16-13(17)15-10-7-4-5-9(10)14/h2-3,6,8-10H,4-5,7,14H2,1H3,(H2,15,16,17). The molecule has 5 nitrogen and oxygen atoms in total. The quantitative estimate of drug-likeness (QED) is 0.763. The lowest BCUT2D eigenvalue weighted by atomic mass is 10.2. The molecule has 0 radical (unpaired) electrons. The van der Waals surface area contributed by atoms with Gasteiger partial charge in [0.2, 0.25) is 0 Å². The number of amides is 2. The fourth-order valence-corrected chi connectivity index (χ4v) is 2.24. The molecular formula is C13H19N3O2. The molecule has 18 heavy (non-hydrogen) atoms. The number of urea groups is 1. The van der Waals surface area contributed by atoms with Gasteiger partial charge < -0.3 is 21.1 Å². The Morgan fingerprint density at radius 1 is 1.39 bits per heavy atom. The molecule has 1 aromatic rings. The molecule has 0 aliphatic heterocycles.